The molecule has 1 saturated heterocycles. The Bertz CT molecular complexity index is 1500. The Morgan fingerprint density at radius 3 is 2.42 bits per heavy atom. The molecule has 0 bridgehead atoms. The van der Waals surface area contributed by atoms with E-state index < -0.39 is 40.9 Å². The highest BCUT2D eigenvalue weighted by Crippen LogP contribution is 2.46. The average molecular weight is 630 g/mol. The van der Waals surface area contributed by atoms with Crippen LogP contribution in [-0.4, -0.2) is 57.4 Å². The number of hydrogen-bond acceptors (Lipinski definition) is 6. The standard InChI is InChI=1S/C29H31F4N5O3.C2H6.C2H2/c1-3-24(39)37-9-4-5-16-20(36-21-11-18(30)25(15-6-7-15)26(31)27(21)40)8-10-38(22(16)14-37)28(41)17-13-35-23(12-19(17)34)29(2,32)33;2*1-2/h3,11-13,15,22,36,40H,1,4-10,14H2,2H3,(H2,34,35);1-2H3;1-2H. The zero-order chi connectivity index (χ0) is 33.6. The van der Waals surface area contributed by atoms with Crippen molar-refractivity contribution in [3.8, 4) is 18.6 Å². The quantitative estimate of drug-likeness (QED) is 0.150. The number of likely N-dealkylation sites (tertiary alicyclic amines) is 1. The van der Waals surface area contributed by atoms with Gasteiger partial charge < -0.3 is 26.0 Å². The van der Waals surface area contributed by atoms with Crippen molar-refractivity contribution >= 4 is 23.2 Å². The first-order valence-electron chi connectivity index (χ1n) is 14.8. The maximum absolute atomic E-state index is 14.9. The fourth-order valence-electron chi connectivity index (χ4n) is 5.61. The number of nitrogens with one attached hydrogen (secondary N) is 1. The Morgan fingerprint density at radius 2 is 1.84 bits per heavy atom. The number of amides is 2. The highest BCUT2D eigenvalue weighted by Gasteiger charge is 2.39. The molecule has 1 aromatic carbocycles. The molecule has 1 aromatic heterocycles. The van der Waals surface area contributed by atoms with Crippen molar-refractivity contribution in [3.63, 3.8) is 0 Å². The number of terminal acetylenes is 1. The molecule has 12 heteroatoms. The van der Waals surface area contributed by atoms with Gasteiger partial charge in [-0.05, 0) is 49.3 Å². The summed E-state index contributed by atoms with van der Waals surface area (Å²) in [5.41, 5.74) is 6.28. The fourth-order valence-corrected chi connectivity index (χ4v) is 5.61. The molecule has 3 aliphatic rings. The number of alkyl halides is 2. The topological polar surface area (TPSA) is 112 Å². The number of anilines is 2. The van der Waals surface area contributed by atoms with Crippen molar-refractivity contribution in [1.29, 1.82) is 0 Å². The summed E-state index contributed by atoms with van der Waals surface area (Å²) in [6, 6.07) is 1.38. The molecule has 0 radical (unpaired) electrons. The lowest BCUT2D eigenvalue weighted by Crippen LogP contribution is -2.51. The number of carbonyl (C=O) groups excluding carboxylic acids is 2. The van der Waals surface area contributed by atoms with Crippen LogP contribution in [0.3, 0.4) is 0 Å². The van der Waals surface area contributed by atoms with Gasteiger partial charge >= 0.3 is 0 Å². The summed E-state index contributed by atoms with van der Waals surface area (Å²) in [7, 11) is 0. The number of halogens is 4. The Labute approximate surface area is 261 Å². The number of aromatic nitrogens is 1. The minimum absolute atomic E-state index is 0.0583. The molecule has 3 heterocycles. The number of benzene rings is 1. The minimum atomic E-state index is -3.24. The van der Waals surface area contributed by atoms with E-state index in [2.05, 4.69) is 29.7 Å². The predicted molar refractivity (Wildman–Crippen MR) is 166 cm³/mol. The predicted octanol–water partition coefficient (Wildman–Crippen LogP) is 6.30. The normalized spacial score (nSPS) is 17.9. The summed E-state index contributed by atoms with van der Waals surface area (Å²) in [6.07, 6.45) is 12.7. The number of nitrogens with two attached hydrogens (primary N) is 1. The molecule has 1 aliphatic carbocycles. The van der Waals surface area contributed by atoms with Gasteiger partial charge in [-0.1, -0.05) is 20.4 Å². The van der Waals surface area contributed by atoms with Gasteiger partial charge in [0.2, 0.25) is 5.91 Å². The monoisotopic (exact) mass is 629 g/mol. The molecule has 2 aliphatic heterocycles. The average Bonchev–Trinajstić information content (AvgIpc) is 3.88. The lowest BCUT2D eigenvalue weighted by molar-refractivity contribution is -0.126. The Balaban J connectivity index is 0.00000133. The van der Waals surface area contributed by atoms with E-state index in [1.807, 2.05) is 13.8 Å². The number of hydrogen-bond donors (Lipinski definition) is 3. The molecule has 5 rings (SSSR count). The largest absolute Gasteiger partial charge is 0.503 e. The van der Waals surface area contributed by atoms with Crippen molar-refractivity contribution in [1.82, 2.24) is 14.8 Å². The summed E-state index contributed by atoms with van der Waals surface area (Å²) >= 11 is 0. The second-order valence-corrected chi connectivity index (χ2v) is 10.8. The van der Waals surface area contributed by atoms with Gasteiger partial charge in [-0.25, -0.2) is 8.78 Å². The molecule has 4 N–H and O–H groups in total. The van der Waals surface area contributed by atoms with E-state index >= 15 is 0 Å². The van der Waals surface area contributed by atoms with Crippen LogP contribution in [0.4, 0.5) is 28.9 Å². The molecular weight excluding hydrogens is 590 g/mol. The molecule has 45 heavy (non-hydrogen) atoms. The third-order valence-corrected chi connectivity index (χ3v) is 7.90. The van der Waals surface area contributed by atoms with Gasteiger partial charge in [0.05, 0.1) is 17.3 Å². The molecule has 242 valence electrons. The van der Waals surface area contributed by atoms with Crippen LogP contribution in [0.2, 0.25) is 0 Å². The highest BCUT2D eigenvalue weighted by molar-refractivity contribution is 5.99. The minimum Gasteiger partial charge on any atom is -0.503 e. The maximum Gasteiger partial charge on any atom is 0.287 e. The zero-order valence-corrected chi connectivity index (χ0v) is 25.7. The number of nitrogen functional groups attached to an aromatic ring is 1. The van der Waals surface area contributed by atoms with Gasteiger partial charge in [0.25, 0.3) is 11.8 Å². The summed E-state index contributed by atoms with van der Waals surface area (Å²) < 4.78 is 57.3. The summed E-state index contributed by atoms with van der Waals surface area (Å²) in [6.45, 7) is 8.83. The van der Waals surface area contributed by atoms with Crippen LogP contribution in [-0.2, 0) is 10.7 Å². The highest BCUT2D eigenvalue weighted by atomic mass is 19.3. The van der Waals surface area contributed by atoms with Crippen LogP contribution in [0, 0.1) is 24.5 Å². The van der Waals surface area contributed by atoms with Gasteiger partial charge in [-0.2, -0.15) is 8.78 Å². The SMILES string of the molecule is C#C.C=CC(=O)N1CCCC2=C(Nc3cc(F)c(C4CC4)c(F)c3O)CCN(C(=O)c3cnc(C(C)(F)F)cc3N)C2C1.CC. The third-order valence-electron chi connectivity index (χ3n) is 7.90. The van der Waals surface area contributed by atoms with Crippen LogP contribution in [0.5, 0.6) is 5.75 Å². The number of pyridine rings is 1. The second-order valence-electron chi connectivity index (χ2n) is 10.8. The van der Waals surface area contributed by atoms with Crippen molar-refractivity contribution in [2.45, 2.75) is 70.8 Å². The smallest absolute Gasteiger partial charge is 0.287 e. The first-order chi connectivity index (χ1) is 21.4. The van der Waals surface area contributed by atoms with E-state index in [-0.39, 0.29) is 53.8 Å². The van der Waals surface area contributed by atoms with E-state index in [9.17, 15) is 32.3 Å². The summed E-state index contributed by atoms with van der Waals surface area (Å²) in [5.74, 6) is -6.78. The molecular formula is C33H39F4N5O3. The van der Waals surface area contributed by atoms with E-state index in [1.165, 1.54) is 11.0 Å². The van der Waals surface area contributed by atoms with Gasteiger partial charge in [-0.15, -0.1) is 12.8 Å². The Hall–Kier alpha value is -4.53. The summed E-state index contributed by atoms with van der Waals surface area (Å²) in [4.78, 5) is 33.1. The number of carbonyl (C=O) groups is 2. The molecule has 1 atom stereocenters. The van der Waals surface area contributed by atoms with Crippen molar-refractivity contribution in [2.24, 2.45) is 0 Å². The van der Waals surface area contributed by atoms with Crippen molar-refractivity contribution in [3.05, 3.63) is 70.7 Å². The number of nitrogens with zero attached hydrogens (tertiary/aromatic N) is 3. The van der Waals surface area contributed by atoms with Crippen LogP contribution >= 0.6 is 0 Å². The number of fused-ring (bicyclic) bond motifs is 1. The number of phenols is 1. The number of aromatic hydroxyl groups is 1. The van der Waals surface area contributed by atoms with Gasteiger partial charge in [0.15, 0.2) is 11.6 Å². The second kappa shape index (κ2) is 14.5. The van der Waals surface area contributed by atoms with E-state index in [1.54, 1.807) is 4.90 Å². The number of phenolic OH excluding ortho intramolecular Hbond substituents is 1. The molecule has 2 aromatic rings. The Morgan fingerprint density at radius 1 is 1.18 bits per heavy atom. The van der Waals surface area contributed by atoms with Crippen LogP contribution < -0.4 is 11.1 Å². The molecule has 1 saturated carbocycles. The fraction of sp³-hybridized carbons (Fsp3) is 0.424. The molecule has 2 amide bonds. The molecule has 1 unspecified atom stereocenters. The lowest BCUT2D eigenvalue weighted by atomic mass is 9.92. The van der Waals surface area contributed by atoms with Crippen LogP contribution in [0.15, 0.2) is 42.3 Å². The van der Waals surface area contributed by atoms with E-state index in [4.69, 9.17) is 5.73 Å². The first-order valence-corrected chi connectivity index (χ1v) is 14.8. The van der Waals surface area contributed by atoms with Gasteiger partial charge in [-0.3, -0.25) is 14.6 Å². The van der Waals surface area contributed by atoms with E-state index in [0.717, 1.165) is 23.9 Å². The van der Waals surface area contributed by atoms with Gasteiger partial charge in [0, 0.05) is 62.2 Å². The van der Waals surface area contributed by atoms with E-state index in [0.29, 0.717) is 44.8 Å². The number of rotatable bonds is 6. The molecule has 2 fully saturated rings. The van der Waals surface area contributed by atoms with Crippen LogP contribution in [0.25, 0.3) is 0 Å². The maximum atomic E-state index is 14.9. The molecule has 8 nitrogen and oxygen atoms in total. The lowest BCUT2D eigenvalue weighted by Gasteiger charge is -2.40. The van der Waals surface area contributed by atoms with Gasteiger partial charge in [0.1, 0.15) is 11.5 Å². The van der Waals surface area contributed by atoms with Crippen molar-refractivity contribution in [2.75, 3.05) is 30.7 Å². The van der Waals surface area contributed by atoms with Crippen molar-refractivity contribution < 1.29 is 32.3 Å². The Kier molecular flexibility index (Phi) is 11.3. The first kappa shape index (κ1) is 35.0. The van der Waals surface area contributed by atoms with Crippen LogP contribution in [0.1, 0.15) is 80.4 Å². The summed E-state index contributed by atoms with van der Waals surface area (Å²) in [5, 5.41) is 13.6. The zero-order valence-electron chi connectivity index (χ0n) is 25.7. The third kappa shape index (κ3) is 7.41. The molecule has 0 spiro atoms.